The quantitative estimate of drug-likeness (QED) is 0.658. The van der Waals surface area contributed by atoms with Gasteiger partial charge < -0.3 is 0 Å². The summed E-state index contributed by atoms with van der Waals surface area (Å²) in [6, 6.07) is 5.02. The van der Waals surface area contributed by atoms with E-state index in [1.54, 1.807) is 0 Å². The summed E-state index contributed by atoms with van der Waals surface area (Å²) in [5, 5.41) is 0. The summed E-state index contributed by atoms with van der Waals surface area (Å²) < 4.78 is 78.6. The van der Waals surface area contributed by atoms with Gasteiger partial charge in [0, 0.05) is 32.2 Å². The van der Waals surface area contributed by atoms with Crippen LogP contribution < -0.4 is 4.72 Å². The molecular weight excluding hydrogens is 426 g/mol. The monoisotopic (exact) mass is 451 g/mol. The topological polar surface area (TPSA) is 121 Å². The van der Waals surface area contributed by atoms with Gasteiger partial charge in [-0.1, -0.05) is 0 Å². The number of hydrogen-bond donors (Lipinski definition) is 1. The third-order valence-electron chi connectivity index (χ3n) is 5.00. The van der Waals surface area contributed by atoms with E-state index in [0.717, 1.165) is 19.1 Å². The molecule has 1 aromatic carbocycles. The van der Waals surface area contributed by atoms with E-state index in [0.29, 0.717) is 25.9 Å². The van der Waals surface area contributed by atoms with Crippen molar-refractivity contribution in [3.63, 3.8) is 0 Å². The van der Waals surface area contributed by atoms with Gasteiger partial charge in [0.05, 0.1) is 16.0 Å². The van der Waals surface area contributed by atoms with Crippen LogP contribution in [0, 0.1) is 0 Å². The van der Waals surface area contributed by atoms with E-state index in [4.69, 9.17) is 0 Å². The van der Waals surface area contributed by atoms with Crippen molar-refractivity contribution in [2.24, 2.45) is 0 Å². The maximum Gasteiger partial charge on any atom is 0.243 e. The van der Waals surface area contributed by atoms with Gasteiger partial charge in [0.25, 0.3) is 0 Å². The summed E-state index contributed by atoms with van der Waals surface area (Å²) in [6.45, 7) is 1.37. The second-order valence-electron chi connectivity index (χ2n) is 7.15. The Morgan fingerprint density at radius 1 is 0.750 bits per heavy atom. The Morgan fingerprint density at radius 3 is 1.54 bits per heavy atom. The minimum atomic E-state index is -3.76. The molecule has 0 amide bonds. The van der Waals surface area contributed by atoms with E-state index in [9.17, 15) is 25.3 Å². The maximum absolute atomic E-state index is 12.8. The largest absolute Gasteiger partial charge is 0.243 e. The lowest BCUT2D eigenvalue weighted by Crippen LogP contribution is -2.46. The number of rotatable bonds is 6. The lowest BCUT2D eigenvalue weighted by atomic mass is 10.1. The molecule has 0 atom stereocenters. The van der Waals surface area contributed by atoms with Crippen LogP contribution in [0.3, 0.4) is 0 Å². The molecule has 1 aromatic rings. The molecule has 12 heteroatoms. The molecule has 0 spiro atoms. The van der Waals surface area contributed by atoms with Crippen LogP contribution in [0.4, 0.5) is 0 Å². The lowest BCUT2D eigenvalue weighted by Gasteiger charge is -2.31. The molecule has 28 heavy (non-hydrogen) atoms. The van der Waals surface area contributed by atoms with Crippen molar-refractivity contribution in [1.29, 1.82) is 0 Å². The number of benzene rings is 1. The van der Waals surface area contributed by atoms with Gasteiger partial charge in [0.15, 0.2) is 0 Å². The number of hydrogen-bond acceptors (Lipinski definition) is 6. The molecule has 1 N–H and O–H groups in total. The van der Waals surface area contributed by atoms with E-state index in [1.807, 2.05) is 0 Å². The van der Waals surface area contributed by atoms with E-state index in [1.165, 1.54) is 32.9 Å². The summed E-state index contributed by atoms with van der Waals surface area (Å²) in [6.07, 6.45) is 3.50. The van der Waals surface area contributed by atoms with Gasteiger partial charge in [-0.25, -0.2) is 30.0 Å². The zero-order valence-electron chi connectivity index (χ0n) is 15.6. The standard InChI is InChI=1S/C16H25N3O6S3/c1-26(20,21)17-14-8-12-19(13-9-14)28(24,25)16-6-4-15(5-7-16)27(22,23)18-10-2-3-11-18/h4-7,14,17H,2-3,8-13H2,1H3. The number of nitrogens with zero attached hydrogens (tertiary/aromatic N) is 2. The van der Waals surface area contributed by atoms with Crippen LogP contribution in [-0.4, -0.2) is 72.3 Å². The molecule has 2 heterocycles. The molecule has 0 unspecified atom stereocenters. The molecule has 2 fully saturated rings. The molecular formula is C16H25N3O6S3. The minimum Gasteiger partial charge on any atom is -0.213 e. The van der Waals surface area contributed by atoms with Gasteiger partial charge in [0.2, 0.25) is 30.1 Å². The van der Waals surface area contributed by atoms with E-state index >= 15 is 0 Å². The summed E-state index contributed by atoms with van der Waals surface area (Å²) in [7, 11) is -10.7. The highest BCUT2D eigenvalue weighted by Gasteiger charge is 2.31. The Balaban J connectivity index is 1.71. The summed E-state index contributed by atoms with van der Waals surface area (Å²) in [5.74, 6) is 0. The molecule has 2 aliphatic heterocycles. The highest BCUT2D eigenvalue weighted by molar-refractivity contribution is 7.89. The molecule has 0 radical (unpaired) electrons. The first-order valence-corrected chi connectivity index (χ1v) is 13.8. The normalized spacial score (nSPS) is 21.2. The Labute approximate surface area is 166 Å². The Hall–Kier alpha value is -1.05. The molecule has 0 aliphatic carbocycles. The Morgan fingerprint density at radius 2 is 1.14 bits per heavy atom. The van der Waals surface area contributed by atoms with E-state index in [-0.39, 0.29) is 28.9 Å². The van der Waals surface area contributed by atoms with Gasteiger partial charge in [-0.05, 0) is 49.9 Å². The third-order valence-corrected chi connectivity index (χ3v) is 9.59. The van der Waals surface area contributed by atoms with Crippen LogP contribution in [0.2, 0.25) is 0 Å². The lowest BCUT2D eigenvalue weighted by molar-refractivity contribution is 0.309. The summed E-state index contributed by atoms with van der Waals surface area (Å²) in [4.78, 5) is 0.117. The van der Waals surface area contributed by atoms with Gasteiger partial charge in [0.1, 0.15) is 0 Å². The molecule has 158 valence electrons. The molecule has 2 aliphatic rings. The second kappa shape index (κ2) is 8.00. The molecule has 0 aromatic heterocycles. The molecule has 3 rings (SSSR count). The zero-order valence-corrected chi connectivity index (χ0v) is 18.1. The maximum atomic E-state index is 12.8. The minimum absolute atomic E-state index is 0.0300. The van der Waals surface area contributed by atoms with Crippen molar-refractivity contribution in [3.05, 3.63) is 24.3 Å². The van der Waals surface area contributed by atoms with E-state index < -0.39 is 30.1 Å². The Kier molecular flexibility index (Phi) is 6.18. The molecule has 0 saturated carbocycles. The van der Waals surface area contributed by atoms with Crippen molar-refractivity contribution in [3.8, 4) is 0 Å². The average molecular weight is 452 g/mol. The first-order valence-electron chi connectivity index (χ1n) is 9.08. The number of nitrogens with one attached hydrogen (secondary N) is 1. The van der Waals surface area contributed by atoms with Crippen molar-refractivity contribution in [1.82, 2.24) is 13.3 Å². The number of piperidine rings is 1. The van der Waals surface area contributed by atoms with E-state index in [2.05, 4.69) is 4.72 Å². The number of sulfonamides is 3. The van der Waals surface area contributed by atoms with Gasteiger partial charge >= 0.3 is 0 Å². The van der Waals surface area contributed by atoms with Crippen LogP contribution >= 0.6 is 0 Å². The zero-order chi connectivity index (χ0) is 20.6. The van der Waals surface area contributed by atoms with Crippen molar-refractivity contribution in [2.75, 3.05) is 32.4 Å². The van der Waals surface area contributed by atoms with Gasteiger partial charge in [-0.3, -0.25) is 0 Å². The molecule has 9 nitrogen and oxygen atoms in total. The SMILES string of the molecule is CS(=O)(=O)NC1CCN(S(=O)(=O)c2ccc(S(=O)(=O)N3CCCC3)cc2)CC1. The Bertz CT molecular complexity index is 1010. The fourth-order valence-electron chi connectivity index (χ4n) is 3.53. The highest BCUT2D eigenvalue weighted by Crippen LogP contribution is 2.25. The van der Waals surface area contributed by atoms with Crippen LogP contribution in [0.1, 0.15) is 25.7 Å². The van der Waals surface area contributed by atoms with Crippen LogP contribution in [0.15, 0.2) is 34.1 Å². The average Bonchev–Trinajstić information content (AvgIpc) is 3.16. The predicted molar refractivity (Wildman–Crippen MR) is 104 cm³/mol. The van der Waals surface area contributed by atoms with Gasteiger partial charge in [-0.15, -0.1) is 0 Å². The van der Waals surface area contributed by atoms with Gasteiger partial charge in [-0.2, -0.15) is 8.61 Å². The second-order valence-corrected chi connectivity index (χ2v) is 12.8. The highest BCUT2D eigenvalue weighted by atomic mass is 32.2. The van der Waals surface area contributed by atoms with Crippen molar-refractivity contribution >= 4 is 30.1 Å². The first kappa shape index (κ1) is 21.7. The van der Waals surface area contributed by atoms with Crippen molar-refractivity contribution < 1.29 is 25.3 Å². The first-order chi connectivity index (χ1) is 13.0. The van der Waals surface area contributed by atoms with Crippen LogP contribution in [0.5, 0.6) is 0 Å². The smallest absolute Gasteiger partial charge is 0.213 e. The third kappa shape index (κ3) is 4.74. The molecule has 2 saturated heterocycles. The van der Waals surface area contributed by atoms with Crippen LogP contribution in [-0.2, 0) is 30.1 Å². The van der Waals surface area contributed by atoms with Crippen molar-refractivity contribution in [2.45, 2.75) is 41.5 Å². The summed E-state index contributed by atoms with van der Waals surface area (Å²) in [5.41, 5.74) is 0. The van der Waals surface area contributed by atoms with Crippen LogP contribution in [0.25, 0.3) is 0 Å². The fraction of sp³-hybridized carbons (Fsp3) is 0.625. The molecule has 0 bridgehead atoms. The fourth-order valence-corrected chi connectivity index (χ4v) is 7.35. The summed E-state index contributed by atoms with van der Waals surface area (Å²) >= 11 is 0. The predicted octanol–water partition coefficient (Wildman–Crippen LogP) is 0.173.